The fourth-order valence-corrected chi connectivity index (χ4v) is 4.68. The number of carbonyl (C=O) groups excluding carboxylic acids is 1. The highest BCUT2D eigenvalue weighted by molar-refractivity contribution is 9.10. The molecular weight excluding hydrogens is 522 g/mol. The number of ether oxygens (including phenoxy) is 1. The third kappa shape index (κ3) is 6.15. The second-order valence-electron chi connectivity index (χ2n) is 8.59. The van der Waals surface area contributed by atoms with Gasteiger partial charge in [0.2, 0.25) is 5.91 Å². The van der Waals surface area contributed by atoms with Gasteiger partial charge in [0, 0.05) is 10.4 Å². The van der Waals surface area contributed by atoms with Gasteiger partial charge in [0.25, 0.3) is 0 Å². The second-order valence-corrected chi connectivity index (χ2v) is 9.50. The summed E-state index contributed by atoms with van der Waals surface area (Å²) < 4.78 is 59.6. The first kappa shape index (κ1) is 26.2. The molecule has 0 heterocycles. The Morgan fingerprint density at radius 2 is 1.76 bits per heavy atom. The van der Waals surface area contributed by atoms with Crippen LogP contribution in [0.25, 0.3) is 0 Å². The summed E-state index contributed by atoms with van der Waals surface area (Å²) in [5.74, 6) is -6.02. The van der Waals surface area contributed by atoms with E-state index in [1.54, 1.807) is 24.3 Å². The summed E-state index contributed by atoms with van der Waals surface area (Å²) in [6.45, 7) is 3.65. The van der Waals surface area contributed by atoms with Crippen LogP contribution in [0, 0.1) is 17.7 Å². The topological polar surface area (TPSA) is 75.6 Å². The molecule has 1 amide bonds. The highest BCUT2D eigenvalue weighted by Crippen LogP contribution is 2.44. The maximum Gasteiger partial charge on any atom is 0.416 e. The molecule has 0 unspecified atom stereocenters. The summed E-state index contributed by atoms with van der Waals surface area (Å²) in [6.07, 6.45) is -4.89. The zero-order valence-corrected chi connectivity index (χ0v) is 20.0. The van der Waals surface area contributed by atoms with Crippen LogP contribution in [0.3, 0.4) is 0 Å². The van der Waals surface area contributed by atoms with Gasteiger partial charge in [0.05, 0.1) is 35.3 Å². The van der Waals surface area contributed by atoms with E-state index in [9.17, 15) is 32.3 Å². The van der Waals surface area contributed by atoms with Gasteiger partial charge in [0.15, 0.2) is 0 Å². The number of anilines is 1. The molecule has 184 valence electrons. The van der Waals surface area contributed by atoms with E-state index in [4.69, 9.17) is 4.74 Å². The van der Waals surface area contributed by atoms with Crippen molar-refractivity contribution < 1.29 is 37.0 Å². The summed E-state index contributed by atoms with van der Waals surface area (Å²) in [4.78, 5) is 25.4. The number of halogens is 5. The van der Waals surface area contributed by atoms with Crippen LogP contribution in [0.4, 0.5) is 23.2 Å². The first-order chi connectivity index (χ1) is 15.9. The molecule has 1 saturated carbocycles. The third-order valence-electron chi connectivity index (χ3n) is 5.84. The van der Waals surface area contributed by atoms with Crippen LogP contribution in [0.15, 0.2) is 46.9 Å². The lowest BCUT2D eigenvalue weighted by molar-refractivity contribution is -0.152. The average Bonchev–Trinajstić information content (AvgIpc) is 2.73. The van der Waals surface area contributed by atoms with Crippen molar-refractivity contribution in [3.05, 3.63) is 63.9 Å². The molecule has 1 aliphatic rings. The number of amides is 1. The smallest absolute Gasteiger partial charge is 0.416 e. The van der Waals surface area contributed by atoms with Gasteiger partial charge in [-0.3, -0.25) is 9.59 Å². The van der Waals surface area contributed by atoms with Gasteiger partial charge in [-0.15, -0.1) is 0 Å². The first-order valence-corrected chi connectivity index (χ1v) is 11.5. The fraction of sp³-hybridized carbons (Fsp3) is 0.417. The minimum absolute atomic E-state index is 0.0796. The van der Waals surface area contributed by atoms with E-state index in [1.165, 1.54) is 0 Å². The fourth-order valence-electron chi connectivity index (χ4n) is 4.42. The Labute approximate surface area is 202 Å². The van der Waals surface area contributed by atoms with E-state index in [0.29, 0.717) is 24.1 Å². The van der Waals surface area contributed by atoms with Crippen molar-refractivity contribution in [2.75, 3.05) is 5.32 Å². The molecule has 5 nitrogen and oxygen atoms in total. The lowest BCUT2D eigenvalue weighted by Gasteiger charge is -2.40. The SMILES string of the molecule is CC(C)O[C@@H]1C[C@H](c2ccc(Br)cc2)[C@@H](C(=O)O)[C@H](C(=O)Nc2ccc(C(F)(F)F)cc2F)C1. The average molecular weight is 546 g/mol. The maximum atomic E-state index is 14.3. The summed E-state index contributed by atoms with van der Waals surface area (Å²) in [6, 6.07) is 8.86. The summed E-state index contributed by atoms with van der Waals surface area (Å²) in [5.41, 5.74) is -0.926. The van der Waals surface area contributed by atoms with Crippen molar-refractivity contribution >= 4 is 33.5 Å². The van der Waals surface area contributed by atoms with Crippen LogP contribution in [0.1, 0.15) is 43.7 Å². The molecule has 1 aliphatic carbocycles. The van der Waals surface area contributed by atoms with Crippen molar-refractivity contribution in [2.24, 2.45) is 11.8 Å². The first-order valence-electron chi connectivity index (χ1n) is 10.7. The van der Waals surface area contributed by atoms with Gasteiger partial charge in [-0.1, -0.05) is 28.1 Å². The molecule has 0 saturated heterocycles. The van der Waals surface area contributed by atoms with Crippen molar-refractivity contribution in [2.45, 2.75) is 51.0 Å². The van der Waals surface area contributed by atoms with Gasteiger partial charge in [-0.05, 0) is 62.6 Å². The number of alkyl halides is 3. The lowest BCUT2D eigenvalue weighted by Crippen LogP contribution is -2.45. The van der Waals surface area contributed by atoms with Crippen molar-refractivity contribution in [1.82, 2.24) is 0 Å². The monoisotopic (exact) mass is 545 g/mol. The molecule has 0 aliphatic heterocycles. The Hall–Kier alpha value is -2.46. The molecule has 2 aromatic carbocycles. The third-order valence-corrected chi connectivity index (χ3v) is 6.37. The Morgan fingerprint density at radius 3 is 2.29 bits per heavy atom. The van der Waals surface area contributed by atoms with Crippen LogP contribution in [-0.2, 0) is 20.5 Å². The molecule has 0 aromatic heterocycles. The Kier molecular flexibility index (Phi) is 8.02. The number of carboxylic acid groups (broad SMARTS) is 1. The molecule has 34 heavy (non-hydrogen) atoms. The van der Waals surface area contributed by atoms with E-state index in [1.807, 2.05) is 13.8 Å². The van der Waals surface area contributed by atoms with Crippen molar-refractivity contribution in [1.29, 1.82) is 0 Å². The minimum atomic E-state index is -4.74. The van der Waals surface area contributed by atoms with Crippen LogP contribution >= 0.6 is 15.9 Å². The van der Waals surface area contributed by atoms with Crippen molar-refractivity contribution in [3.8, 4) is 0 Å². The van der Waals surface area contributed by atoms with Gasteiger partial charge >= 0.3 is 12.1 Å². The number of aliphatic carboxylic acids is 1. The van der Waals surface area contributed by atoms with E-state index < -0.39 is 59.0 Å². The quantitative estimate of drug-likeness (QED) is 0.421. The highest BCUT2D eigenvalue weighted by atomic mass is 79.9. The van der Waals surface area contributed by atoms with Gasteiger partial charge < -0.3 is 15.2 Å². The molecule has 4 atom stereocenters. The van der Waals surface area contributed by atoms with E-state index in [0.717, 1.165) is 10.5 Å². The Morgan fingerprint density at radius 1 is 1.12 bits per heavy atom. The molecular formula is C24H24BrF4NO4. The number of nitrogens with one attached hydrogen (secondary N) is 1. The molecule has 2 aromatic rings. The van der Waals surface area contributed by atoms with Crippen LogP contribution < -0.4 is 5.32 Å². The molecule has 0 radical (unpaired) electrons. The minimum Gasteiger partial charge on any atom is -0.481 e. The standard InChI is InChI=1S/C24H24BrF4NO4/c1-12(2)34-16-10-17(13-3-6-15(25)7-4-13)21(23(32)33)18(11-16)22(31)30-20-8-5-14(9-19(20)26)24(27,28)29/h3-9,12,16-18,21H,10-11H2,1-2H3,(H,30,31)(H,32,33)/t16-,17-,18-,21-/m1/s1. The predicted octanol–water partition coefficient (Wildman–Crippen LogP) is 6.23. The van der Waals surface area contributed by atoms with Gasteiger partial charge in [-0.25, -0.2) is 4.39 Å². The summed E-state index contributed by atoms with van der Waals surface area (Å²) in [5, 5.41) is 12.3. The predicted molar refractivity (Wildman–Crippen MR) is 121 cm³/mol. The molecule has 2 N–H and O–H groups in total. The Bertz CT molecular complexity index is 1040. The zero-order valence-electron chi connectivity index (χ0n) is 18.4. The molecule has 0 bridgehead atoms. The van der Waals surface area contributed by atoms with E-state index in [-0.39, 0.29) is 12.5 Å². The van der Waals surface area contributed by atoms with Crippen LogP contribution in [0.2, 0.25) is 0 Å². The van der Waals surface area contributed by atoms with Crippen LogP contribution in [0.5, 0.6) is 0 Å². The largest absolute Gasteiger partial charge is 0.481 e. The Balaban J connectivity index is 1.93. The normalized spacial score (nSPS) is 23.1. The molecule has 1 fully saturated rings. The van der Waals surface area contributed by atoms with Gasteiger partial charge in [-0.2, -0.15) is 13.2 Å². The van der Waals surface area contributed by atoms with E-state index >= 15 is 0 Å². The van der Waals surface area contributed by atoms with Gasteiger partial charge in [0.1, 0.15) is 5.82 Å². The number of carbonyl (C=O) groups is 2. The molecule has 0 spiro atoms. The summed E-state index contributed by atoms with van der Waals surface area (Å²) in [7, 11) is 0. The molecule has 10 heteroatoms. The van der Waals surface area contributed by atoms with Crippen molar-refractivity contribution in [3.63, 3.8) is 0 Å². The number of hydrogen-bond donors (Lipinski definition) is 2. The maximum absolute atomic E-state index is 14.3. The lowest BCUT2D eigenvalue weighted by atomic mass is 9.67. The highest BCUT2D eigenvalue weighted by Gasteiger charge is 2.46. The number of rotatable bonds is 6. The zero-order chi connectivity index (χ0) is 25.2. The number of benzene rings is 2. The van der Waals surface area contributed by atoms with Crippen LogP contribution in [-0.4, -0.2) is 29.2 Å². The number of carboxylic acids is 1. The van der Waals surface area contributed by atoms with E-state index in [2.05, 4.69) is 21.2 Å². The number of hydrogen-bond acceptors (Lipinski definition) is 3. The second kappa shape index (κ2) is 10.4. The molecule has 3 rings (SSSR count). The summed E-state index contributed by atoms with van der Waals surface area (Å²) >= 11 is 3.34.